The molecule has 0 unspecified atom stereocenters. The molecule has 1 fully saturated rings. The molecule has 0 bridgehead atoms. The number of carboxylic acid groups (broad SMARTS) is 1. The third kappa shape index (κ3) is 3.17. The summed E-state index contributed by atoms with van der Waals surface area (Å²) in [6, 6.07) is 3.68. The van der Waals surface area contributed by atoms with E-state index in [1.165, 1.54) is 19.2 Å². The first-order valence-corrected chi connectivity index (χ1v) is 7.90. The molecule has 1 atom stereocenters. The topological polar surface area (TPSA) is 104 Å². The lowest BCUT2D eigenvalue weighted by atomic mass is 10.1. The predicted octanol–water partition coefficient (Wildman–Crippen LogP) is 0.539. The number of aliphatic hydroxyl groups excluding tert-OH is 1. The average Bonchev–Trinajstić information content (AvgIpc) is 2.46. The van der Waals surface area contributed by atoms with Crippen molar-refractivity contribution < 1.29 is 28.2 Å². The Morgan fingerprint density at radius 1 is 1.43 bits per heavy atom. The Labute approximate surface area is 122 Å². The fourth-order valence-corrected chi connectivity index (χ4v) is 3.99. The summed E-state index contributed by atoms with van der Waals surface area (Å²) in [6.45, 7) is 0.294. The quantitative estimate of drug-likeness (QED) is 0.840. The van der Waals surface area contributed by atoms with Crippen LogP contribution in [0.2, 0.25) is 0 Å². The number of hydrogen-bond donors (Lipinski definition) is 2. The summed E-state index contributed by atoms with van der Waals surface area (Å²) < 4.78 is 31.4. The highest BCUT2D eigenvalue weighted by Crippen LogP contribution is 2.29. The third-order valence-electron chi connectivity index (χ3n) is 3.39. The predicted molar refractivity (Wildman–Crippen MR) is 74.0 cm³/mol. The largest absolute Gasteiger partial charge is 0.495 e. The van der Waals surface area contributed by atoms with Crippen molar-refractivity contribution in [3.05, 3.63) is 23.8 Å². The molecule has 0 radical (unpaired) electrons. The molecule has 0 aliphatic carbocycles. The Morgan fingerprint density at radius 3 is 2.71 bits per heavy atom. The lowest BCUT2D eigenvalue weighted by molar-refractivity contribution is 0.0696. The number of methoxy groups -OCH3 is 1. The number of nitrogens with zero attached hydrogens (tertiary/aromatic N) is 1. The van der Waals surface area contributed by atoms with Gasteiger partial charge in [0.1, 0.15) is 10.6 Å². The highest BCUT2D eigenvalue weighted by atomic mass is 32.2. The smallest absolute Gasteiger partial charge is 0.335 e. The molecular weight excluding hydrogens is 298 g/mol. The SMILES string of the molecule is COc1ccc(C(=O)O)cc1S(=O)(=O)N1CCC[C@H](O)C1. The zero-order valence-electron chi connectivity index (χ0n) is 11.5. The normalized spacial score (nSPS) is 20.2. The third-order valence-corrected chi connectivity index (χ3v) is 5.27. The Morgan fingerprint density at radius 2 is 2.14 bits per heavy atom. The molecule has 1 heterocycles. The first-order chi connectivity index (χ1) is 9.86. The summed E-state index contributed by atoms with van der Waals surface area (Å²) in [5, 5.41) is 18.6. The van der Waals surface area contributed by atoms with Gasteiger partial charge in [-0.05, 0) is 31.0 Å². The molecule has 2 rings (SSSR count). The van der Waals surface area contributed by atoms with Crippen molar-refractivity contribution in [2.45, 2.75) is 23.8 Å². The fourth-order valence-electron chi connectivity index (χ4n) is 2.29. The zero-order chi connectivity index (χ0) is 15.6. The van der Waals surface area contributed by atoms with E-state index in [1.54, 1.807) is 0 Å². The summed E-state index contributed by atoms with van der Waals surface area (Å²) in [5.74, 6) is -1.13. The van der Waals surface area contributed by atoms with E-state index in [2.05, 4.69) is 0 Å². The van der Waals surface area contributed by atoms with E-state index in [0.717, 1.165) is 10.4 Å². The molecule has 1 aliphatic heterocycles. The van der Waals surface area contributed by atoms with Gasteiger partial charge in [0.2, 0.25) is 10.0 Å². The minimum atomic E-state index is -3.91. The molecule has 2 N–H and O–H groups in total. The van der Waals surface area contributed by atoms with Crippen molar-refractivity contribution in [1.29, 1.82) is 0 Å². The number of rotatable bonds is 4. The molecule has 0 aromatic heterocycles. The van der Waals surface area contributed by atoms with Crippen LogP contribution in [0.5, 0.6) is 5.75 Å². The lowest BCUT2D eigenvalue weighted by Crippen LogP contribution is -2.42. The summed E-state index contributed by atoms with van der Waals surface area (Å²) in [7, 11) is -2.59. The van der Waals surface area contributed by atoms with Gasteiger partial charge in [0.05, 0.1) is 18.8 Å². The number of piperidine rings is 1. The Hall–Kier alpha value is -1.64. The molecule has 8 heteroatoms. The van der Waals surface area contributed by atoms with Crippen LogP contribution in [0.3, 0.4) is 0 Å². The number of ether oxygens (including phenoxy) is 1. The Kier molecular flexibility index (Phi) is 4.50. The maximum Gasteiger partial charge on any atom is 0.335 e. The number of benzene rings is 1. The molecule has 0 spiro atoms. The number of hydrogen-bond acceptors (Lipinski definition) is 5. The van der Waals surface area contributed by atoms with Crippen LogP contribution in [0.4, 0.5) is 0 Å². The van der Waals surface area contributed by atoms with Gasteiger partial charge in [0.25, 0.3) is 0 Å². The Bertz CT molecular complexity index is 642. The van der Waals surface area contributed by atoms with Gasteiger partial charge in [-0.3, -0.25) is 0 Å². The number of aliphatic hydroxyl groups is 1. The average molecular weight is 315 g/mol. The minimum Gasteiger partial charge on any atom is -0.495 e. The van der Waals surface area contributed by atoms with Crippen molar-refractivity contribution in [3.63, 3.8) is 0 Å². The second-order valence-electron chi connectivity index (χ2n) is 4.83. The van der Waals surface area contributed by atoms with Crippen molar-refractivity contribution in [3.8, 4) is 5.75 Å². The van der Waals surface area contributed by atoms with Crippen LogP contribution in [0.15, 0.2) is 23.1 Å². The van der Waals surface area contributed by atoms with Gasteiger partial charge in [-0.1, -0.05) is 0 Å². The molecule has 0 amide bonds. The number of β-amino-alcohol motifs (C(OH)–C–C–N with tert-alkyl or cyclic N) is 1. The van der Waals surface area contributed by atoms with E-state index >= 15 is 0 Å². The van der Waals surface area contributed by atoms with Gasteiger partial charge in [-0.2, -0.15) is 4.31 Å². The summed E-state index contributed by atoms with van der Waals surface area (Å²) in [4.78, 5) is 10.8. The second-order valence-corrected chi connectivity index (χ2v) is 6.74. The van der Waals surface area contributed by atoms with Crippen LogP contribution < -0.4 is 4.74 Å². The standard InChI is InChI=1S/C13H17NO6S/c1-20-11-5-4-9(13(16)17)7-12(11)21(18,19)14-6-2-3-10(15)8-14/h4-5,7,10,15H,2-3,6,8H2,1H3,(H,16,17)/t10-/m0/s1. The molecular formula is C13H17NO6S. The summed E-state index contributed by atoms with van der Waals surface area (Å²) in [6.07, 6.45) is 0.404. The first kappa shape index (κ1) is 15.7. The van der Waals surface area contributed by atoms with Gasteiger partial charge in [0, 0.05) is 13.1 Å². The first-order valence-electron chi connectivity index (χ1n) is 6.46. The van der Waals surface area contributed by atoms with E-state index in [1.807, 2.05) is 0 Å². The van der Waals surface area contributed by atoms with E-state index in [-0.39, 0.29) is 22.8 Å². The summed E-state index contributed by atoms with van der Waals surface area (Å²) in [5.41, 5.74) is -0.132. The van der Waals surface area contributed by atoms with E-state index in [4.69, 9.17) is 9.84 Å². The molecule has 116 valence electrons. The van der Waals surface area contributed by atoms with Gasteiger partial charge in [-0.15, -0.1) is 0 Å². The number of aromatic carboxylic acids is 1. The molecule has 1 aromatic rings. The van der Waals surface area contributed by atoms with Crippen molar-refractivity contribution in [1.82, 2.24) is 4.31 Å². The maximum absolute atomic E-state index is 12.6. The number of carboxylic acids is 1. The van der Waals surface area contributed by atoms with Gasteiger partial charge in [0.15, 0.2) is 0 Å². The second kappa shape index (κ2) is 6.00. The van der Waals surface area contributed by atoms with Crippen LogP contribution in [-0.4, -0.2) is 55.2 Å². The van der Waals surface area contributed by atoms with Crippen molar-refractivity contribution in [2.75, 3.05) is 20.2 Å². The zero-order valence-corrected chi connectivity index (χ0v) is 12.3. The minimum absolute atomic E-state index is 0.00276. The van der Waals surface area contributed by atoms with E-state index in [0.29, 0.717) is 19.4 Å². The molecule has 1 saturated heterocycles. The molecule has 1 aliphatic rings. The molecule has 1 aromatic carbocycles. The number of carbonyl (C=O) groups is 1. The van der Waals surface area contributed by atoms with Crippen molar-refractivity contribution >= 4 is 16.0 Å². The van der Waals surface area contributed by atoms with Crippen LogP contribution in [0.1, 0.15) is 23.2 Å². The van der Waals surface area contributed by atoms with Crippen molar-refractivity contribution in [2.24, 2.45) is 0 Å². The van der Waals surface area contributed by atoms with Gasteiger partial charge >= 0.3 is 5.97 Å². The van der Waals surface area contributed by atoms with Crippen LogP contribution >= 0.6 is 0 Å². The lowest BCUT2D eigenvalue weighted by Gasteiger charge is -2.29. The summed E-state index contributed by atoms with van der Waals surface area (Å²) >= 11 is 0. The van der Waals surface area contributed by atoms with Crippen LogP contribution in [-0.2, 0) is 10.0 Å². The number of sulfonamides is 1. The highest BCUT2D eigenvalue weighted by molar-refractivity contribution is 7.89. The van der Waals surface area contributed by atoms with E-state index in [9.17, 15) is 18.3 Å². The fraction of sp³-hybridized carbons (Fsp3) is 0.462. The molecule has 0 saturated carbocycles. The Balaban J connectivity index is 2.47. The van der Waals surface area contributed by atoms with Gasteiger partial charge < -0.3 is 14.9 Å². The van der Waals surface area contributed by atoms with E-state index < -0.39 is 22.1 Å². The molecule has 21 heavy (non-hydrogen) atoms. The maximum atomic E-state index is 12.6. The molecule has 7 nitrogen and oxygen atoms in total. The highest BCUT2D eigenvalue weighted by Gasteiger charge is 2.32. The van der Waals surface area contributed by atoms with Crippen LogP contribution in [0.25, 0.3) is 0 Å². The van der Waals surface area contributed by atoms with Gasteiger partial charge in [-0.25, -0.2) is 13.2 Å². The van der Waals surface area contributed by atoms with Crippen LogP contribution in [0, 0.1) is 0 Å². The monoisotopic (exact) mass is 315 g/mol.